The second-order valence-corrected chi connectivity index (χ2v) is 5.74. The van der Waals surface area contributed by atoms with Crippen LogP contribution in [0.2, 0.25) is 0 Å². The SMILES string of the molecule is O=C(Nc1ncc(Br)s1)c1ccc(OC(F)F)cc1. The van der Waals surface area contributed by atoms with Gasteiger partial charge in [-0.25, -0.2) is 4.98 Å². The van der Waals surface area contributed by atoms with E-state index in [4.69, 9.17) is 0 Å². The number of nitrogens with zero attached hydrogens (tertiary/aromatic N) is 1. The first-order valence-corrected chi connectivity index (χ1v) is 6.63. The summed E-state index contributed by atoms with van der Waals surface area (Å²) in [5.74, 6) is -0.367. The van der Waals surface area contributed by atoms with Gasteiger partial charge in [0, 0.05) is 5.56 Å². The molecule has 0 radical (unpaired) electrons. The van der Waals surface area contributed by atoms with Crippen molar-refractivity contribution in [3.05, 3.63) is 39.8 Å². The number of alkyl halides is 2. The normalized spacial score (nSPS) is 10.5. The second kappa shape index (κ2) is 6.07. The lowest BCUT2D eigenvalue weighted by Gasteiger charge is -2.05. The van der Waals surface area contributed by atoms with E-state index >= 15 is 0 Å². The Hall–Kier alpha value is -1.54. The van der Waals surface area contributed by atoms with Gasteiger partial charge in [0.25, 0.3) is 5.91 Å². The zero-order valence-corrected chi connectivity index (χ0v) is 11.7. The number of amides is 1. The molecule has 0 saturated carbocycles. The van der Waals surface area contributed by atoms with Crippen molar-refractivity contribution in [2.75, 3.05) is 5.32 Å². The summed E-state index contributed by atoms with van der Waals surface area (Å²) in [6, 6.07) is 5.41. The van der Waals surface area contributed by atoms with Crippen LogP contribution < -0.4 is 10.1 Å². The summed E-state index contributed by atoms with van der Waals surface area (Å²) in [5.41, 5.74) is 0.327. The van der Waals surface area contributed by atoms with E-state index in [9.17, 15) is 13.6 Å². The Morgan fingerprint density at radius 2 is 2.05 bits per heavy atom. The summed E-state index contributed by atoms with van der Waals surface area (Å²) in [7, 11) is 0. The molecule has 0 fully saturated rings. The van der Waals surface area contributed by atoms with E-state index in [1.54, 1.807) is 6.20 Å². The molecule has 0 saturated heterocycles. The fourth-order valence-electron chi connectivity index (χ4n) is 1.27. The van der Waals surface area contributed by atoms with Gasteiger partial charge in [0.15, 0.2) is 5.13 Å². The van der Waals surface area contributed by atoms with Crippen LogP contribution in [0.1, 0.15) is 10.4 Å². The van der Waals surface area contributed by atoms with Gasteiger partial charge in [-0.1, -0.05) is 11.3 Å². The number of carbonyl (C=O) groups is 1. The van der Waals surface area contributed by atoms with E-state index in [1.165, 1.54) is 35.6 Å². The monoisotopic (exact) mass is 348 g/mol. The van der Waals surface area contributed by atoms with Gasteiger partial charge in [-0.2, -0.15) is 8.78 Å². The number of hydrogen-bond acceptors (Lipinski definition) is 4. The van der Waals surface area contributed by atoms with Crippen molar-refractivity contribution in [3.63, 3.8) is 0 Å². The van der Waals surface area contributed by atoms with Gasteiger partial charge in [0.05, 0.1) is 9.98 Å². The minimum Gasteiger partial charge on any atom is -0.435 e. The summed E-state index contributed by atoms with van der Waals surface area (Å²) in [6.45, 7) is -2.88. The lowest BCUT2D eigenvalue weighted by Crippen LogP contribution is -2.11. The van der Waals surface area contributed by atoms with Gasteiger partial charge in [-0.3, -0.25) is 10.1 Å². The van der Waals surface area contributed by atoms with Crippen LogP contribution in [0.15, 0.2) is 34.2 Å². The summed E-state index contributed by atoms with van der Waals surface area (Å²) in [4.78, 5) is 15.8. The van der Waals surface area contributed by atoms with Crippen molar-refractivity contribution in [3.8, 4) is 5.75 Å². The highest BCUT2D eigenvalue weighted by Gasteiger charge is 2.10. The molecule has 2 rings (SSSR count). The maximum atomic E-state index is 12.0. The van der Waals surface area contributed by atoms with E-state index < -0.39 is 6.61 Å². The smallest absolute Gasteiger partial charge is 0.387 e. The molecule has 0 atom stereocenters. The standard InChI is InChI=1S/C11H7BrF2N2O2S/c12-8-5-15-11(19-8)16-9(17)6-1-3-7(4-2-6)18-10(13)14/h1-5,10H,(H,15,16,17). The molecule has 0 aliphatic rings. The summed E-state index contributed by atoms with van der Waals surface area (Å²) in [6.07, 6.45) is 1.57. The zero-order valence-electron chi connectivity index (χ0n) is 9.27. The number of ether oxygens (including phenoxy) is 1. The average Bonchev–Trinajstić information content (AvgIpc) is 2.75. The lowest BCUT2D eigenvalue weighted by atomic mass is 10.2. The second-order valence-electron chi connectivity index (χ2n) is 3.33. The van der Waals surface area contributed by atoms with Gasteiger partial charge < -0.3 is 4.74 Å². The number of halogens is 3. The maximum Gasteiger partial charge on any atom is 0.387 e. The minimum atomic E-state index is -2.88. The van der Waals surface area contributed by atoms with Crippen molar-refractivity contribution >= 4 is 38.3 Å². The number of carbonyl (C=O) groups excluding carboxylic acids is 1. The topological polar surface area (TPSA) is 51.2 Å². The fourth-order valence-corrected chi connectivity index (χ4v) is 2.37. The van der Waals surface area contributed by atoms with Crippen LogP contribution in [-0.2, 0) is 0 Å². The molecule has 0 bridgehead atoms. The Kier molecular flexibility index (Phi) is 4.43. The molecule has 0 aliphatic heterocycles. The molecule has 1 aromatic heterocycles. The van der Waals surface area contributed by atoms with E-state index in [-0.39, 0.29) is 11.7 Å². The molecule has 100 valence electrons. The van der Waals surface area contributed by atoms with E-state index in [2.05, 4.69) is 31.0 Å². The molecule has 19 heavy (non-hydrogen) atoms. The van der Waals surface area contributed by atoms with Crippen LogP contribution in [0.4, 0.5) is 13.9 Å². The quantitative estimate of drug-likeness (QED) is 0.915. The summed E-state index contributed by atoms with van der Waals surface area (Å²) < 4.78 is 28.9. The third-order valence-corrected chi connectivity index (χ3v) is 3.43. The first-order chi connectivity index (χ1) is 9.04. The zero-order chi connectivity index (χ0) is 13.8. The molecule has 0 unspecified atom stereocenters. The number of benzene rings is 1. The van der Waals surface area contributed by atoms with Crippen LogP contribution >= 0.6 is 27.3 Å². The predicted octanol–water partition coefficient (Wildman–Crippen LogP) is 3.76. The minimum absolute atomic E-state index is 0.00328. The summed E-state index contributed by atoms with van der Waals surface area (Å²) in [5, 5.41) is 3.04. The number of anilines is 1. The van der Waals surface area contributed by atoms with Gasteiger partial charge >= 0.3 is 6.61 Å². The van der Waals surface area contributed by atoms with E-state index in [0.717, 1.165) is 3.79 Å². The molecule has 2 aromatic rings. The Balaban J connectivity index is 2.03. The molecule has 4 nitrogen and oxygen atoms in total. The highest BCUT2D eigenvalue weighted by molar-refractivity contribution is 9.11. The molecule has 1 aromatic carbocycles. The molecular weight excluding hydrogens is 342 g/mol. The molecule has 1 amide bonds. The molecular formula is C11H7BrF2N2O2S. The Bertz CT molecular complexity index is 574. The van der Waals surface area contributed by atoms with Crippen LogP contribution in [0.25, 0.3) is 0 Å². The Morgan fingerprint density at radius 3 is 2.58 bits per heavy atom. The third kappa shape index (κ3) is 3.97. The van der Waals surface area contributed by atoms with Crippen LogP contribution in [0.3, 0.4) is 0 Å². The van der Waals surface area contributed by atoms with Crippen molar-refractivity contribution in [1.82, 2.24) is 4.98 Å². The summed E-state index contributed by atoms with van der Waals surface area (Å²) >= 11 is 4.50. The van der Waals surface area contributed by atoms with E-state index in [0.29, 0.717) is 10.7 Å². The lowest BCUT2D eigenvalue weighted by molar-refractivity contribution is -0.0498. The molecule has 8 heteroatoms. The first kappa shape index (κ1) is 13.9. The van der Waals surface area contributed by atoms with Crippen LogP contribution in [0.5, 0.6) is 5.75 Å². The predicted molar refractivity (Wildman–Crippen MR) is 70.8 cm³/mol. The van der Waals surface area contributed by atoms with Crippen LogP contribution in [0, 0.1) is 0 Å². The van der Waals surface area contributed by atoms with Crippen molar-refractivity contribution in [2.24, 2.45) is 0 Å². The fraction of sp³-hybridized carbons (Fsp3) is 0.0909. The highest BCUT2D eigenvalue weighted by Crippen LogP contribution is 2.24. The first-order valence-electron chi connectivity index (χ1n) is 5.02. The van der Waals surface area contributed by atoms with E-state index in [1.807, 2.05) is 0 Å². The molecule has 1 heterocycles. The maximum absolute atomic E-state index is 12.0. The van der Waals surface area contributed by atoms with Crippen molar-refractivity contribution in [1.29, 1.82) is 0 Å². The highest BCUT2D eigenvalue weighted by atomic mass is 79.9. The Labute approximate surface area is 119 Å². The number of hydrogen-bond donors (Lipinski definition) is 1. The van der Waals surface area contributed by atoms with Gasteiger partial charge in [0.2, 0.25) is 0 Å². The van der Waals surface area contributed by atoms with Crippen molar-refractivity contribution in [2.45, 2.75) is 6.61 Å². The van der Waals surface area contributed by atoms with Crippen molar-refractivity contribution < 1.29 is 18.3 Å². The van der Waals surface area contributed by atoms with Gasteiger partial charge in [-0.15, -0.1) is 0 Å². The number of thiazole rings is 1. The van der Waals surface area contributed by atoms with Gasteiger partial charge in [0.1, 0.15) is 5.75 Å². The largest absolute Gasteiger partial charge is 0.435 e. The molecule has 1 N–H and O–H groups in total. The molecule has 0 spiro atoms. The van der Waals surface area contributed by atoms with Gasteiger partial charge in [-0.05, 0) is 40.2 Å². The average molecular weight is 349 g/mol. The third-order valence-electron chi connectivity index (χ3n) is 2.04. The number of rotatable bonds is 4. The Morgan fingerprint density at radius 1 is 1.37 bits per heavy atom. The number of aromatic nitrogens is 1. The number of nitrogens with one attached hydrogen (secondary N) is 1. The van der Waals surface area contributed by atoms with Crippen LogP contribution in [-0.4, -0.2) is 17.5 Å². The molecule has 0 aliphatic carbocycles.